The van der Waals surface area contributed by atoms with Crippen LogP contribution in [0.4, 0.5) is 0 Å². The zero-order valence-electron chi connectivity index (χ0n) is 16.7. The second kappa shape index (κ2) is 9.52. The molecule has 0 aliphatic rings. The number of nitrogens with zero attached hydrogens (tertiary/aromatic N) is 2. The van der Waals surface area contributed by atoms with E-state index in [1.807, 2.05) is 32.9 Å². The van der Waals surface area contributed by atoms with Crippen LogP contribution in [0.25, 0.3) is 5.65 Å². The maximum Gasteiger partial charge on any atom is 0.251 e. The number of hydrogen-bond donors (Lipinski definition) is 1. The fourth-order valence-corrected chi connectivity index (χ4v) is 3.11. The molecule has 0 fully saturated rings. The Bertz CT molecular complexity index is 976. The number of benzene rings is 1. The van der Waals surface area contributed by atoms with Gasteiger partial charge in [-0.05, 0) is 45.0 Å². The maximum absolute atomic E-state index is 12.8. The van der Waals surface area contributed by atoms with E-state index in [-0.39, 0.29) is 12.5 Å². The Morgan fingerprint density at radius 2 is 1.72 bits per heavy atom. The van der Waals surface area contributed by atoms with Gasteiger partial charge in [0.2, 0.25) is 5.75 Å². The van der Waals surface area contributed by atoms with Crippen LogP contribution in [0.3, 0.4) is 0 Å². The molecule has 0 spiro atoms. The summed E-state index contributed by atoms with van der Waals surface area (Å²) in [4.78, 5) is 17.2. The van der Waals surface area contributed by atoms with Gasteiger partial charge in [-0.1, -0.05) is 17.7 Å². The quantitative estimate of drug-likeness (QED) is 0.530. The van der Waals surface area contributed by atoms with E-state index in [2.05, 4.69) is 10.3 Å². The SMILES string of the molecule is CCOc1cc(C(=O)NCc2cn3c(Cl)cccc3n2)cc(OCC)c1OCC. The number of nitrogens with one attached hydrogen (secondary N) is 1. The van der Waals surface area contributed by atoms with Crippen molar-refractivity contribution in [1.29, 1.82) is 0 Å². The number of amides is 1. The molecule has 0 bridgehead atoms. The highest BCUT2D eigenvalue weighted by Gasteiger charge is 2.18. The molecule has 0 aliphatic heterocycles. The molecule has 0 atom stereocenters. The largest absolute Gasteiger partial charge is 0.490 e. The lowest BCUT2D eigenvalue weighted by atomic mass is 10.1. The standard InChI is InChI=1S/C21H24ClN3O4/c1-4-27-16-10-14(11-17(28-5-2)20(16)29-6-3)21(26)23-12-15-13-25-18(22)8-7-9-19(25)24-15/h7-11,13H,4-6,12H2,1-3H3,(H,23,26). The Morgan fingerprint density at radius 3 is 2.31 bits per heavy atom. The molecule has 8 heteroatoms. The van der Waals surface area contributed by atoms with Gasteiger partial charge in [-0.3, -0.25) is 9.20 Å². The molecule has 1 N–H and O–H groups in total. The van der Waals surface area contributed by atoms with Crippen molar-refractivity contribution in [2.24, 2.45) is 0 Å². The average Bonchev–Trinajstić information content (AvgIpc) is 3.13. The van der Waals surface area contributed by atoms with Gasteiger partial charge in [0.1, 0.15) is 10.8 Å². The Kier molecular flexibility index (Phi) is 6.82. The Hall–Kier alpha value is -2.93. The molecule has 154 valence electrons. The van der Waals surface area contributed by atoms with E-state index in [1.54, 1.807) is 28.8 Å². The summed E-state index contributed by atoms with van der Waals surface area (Å²) in [6.07, 6.45) is 1.80. The van der Waals surface area contributed by atoms with Crippen LogP contribution in [0.5, 0.6) is 17.2 Å². The molecular weight excluding hydrogens is 394 g/mol. The lowest BCUT2D eigenvalue weighted by molar-refractivity contribution is 0.0949. The van der Waals surface area contributed by atoms with Crippen LogP contribution < -0.4 is 19.5 Å². The molecule has 3 rings (SSSR count). The first-order valence-corrected chi connectivity index (χ1v) is 9.92. The minimum Gasteiger partial charge on any atom is -0.490 e. The molecular formula is C21H24ClN3O4. The van der Waals surface area contributed by atoms with Crippen molar-refractivity contribution in [3.05, 3.63) is 52.9 Å². The summed E-state index contributed by atoms with van der Waals surface area (Å²) < 4.78 is 18.8. The third-order valence-corrected chi connectivity index (χ3v) is 4.40. The monoisotopic (exact) mass is 417 g/mol. The molecule has 2 heterocycles. The molecule has 2 aromatic heterocycles. The van der Waals surface area contributed by atoms with E-state index in [9.17, 15) is 4.79 Å². The Morgan fingerprint density at radius 1 is 1.07 bits per heavy atom. The van der Waals surface area contributed by atoms with Crippen molar-refractivity contribution in [3.8, 4) is 17.2 Å². The Balaban J connectivity index is 1.82. The second-order valence-corrected chi connectivity index (χ2v) is 6.48. The van der Waals surface area contributed by atoms with Gasteiger partial charge >= 0.3 is 0 Å². The van der Waals surface area contributed by atoms with Crippen LogP contribution in [-0.4, -0.2) is 35.1 Å². The fraction of sp³-hybridized carbons (Fsp3) is 0.333. The summed E-state index contributed by atoms with van der Waals surface area (Å²) >= 11 is 6.16. The molecule has 0 radical (unpaired) electrons. The number of fused-ring (bicyclic) bond motifs is 1. The van der Waals surface area contributed by atoms with Crippen LogP contribution in [-0.2, 0) is 6.54 Å². The van der Waals surface area contributed by atoms with Gasteiger partial charge in [-0.25, -0.2) is 4.98 Å². The number of carbonyl (C=O) groups is 1. The van der Waals surface area contributed by atoms with Crippen molar-refractivity contribution in [3.63, 3.8) is 0 Å². The minimum atomic E-state index is -0.266. The molecule has 0 saturated heterocycles. The molecule has 0 saturated carbocycles. The highest BCUT2D eigenvalue weighted by Crippen LogP contribution is 2.39. The number of halogens is 1. The van der Waals surface area contributed by atoms with Crippen molar-refractivity contribution in [1.82, 2.24) is 14.7 Å². The molecule has 0 unspecified atom stereocenters. The van der Waals surface area contributed by atoms with E-state index in [1.165, 1.54) is 0 Å². The predicted molar refractivity (Wildman–Crippen MR) is 111 cm³/mol. The normalized spacial score (nSPS) is 10.8. The lowest BCUT2D eigenvalue weighted by Crippen LogP contribution is -2.23. The summed E-state index contributed by atoms with van der Waals surface area (Å²) in [5.74, 6) is 1.19. The molecule has 1 aromatic carbocycles. The smallest absolute Gasteiger partial charge is 0.251 e. The number of carbonyl (C=O) groups excluding carboxylic acids is 1. The zero-order valence-corrected chi connectivity index (χ0v) is 17.5. The fourth-order valence-electron chi connectivity index (χ4n) is 2.91. The summed E-state index contributed by atoms with van der Waals surface area (Å²) in [7, 11) is 0. The van der Waals surface area contributed by atoms with Crippen LogP contribution in [0, 0.1) is 0 Å². The summed E-state index contributed by atoms with van der Waals surface area (Å²) in [6, 6.07) is 8.78. The highest BCUT2D eigenvalue weighted by molar-refractivity contribution is 6.29. The molecule has 0 aliphatic carbocycles. The van der Waals surface area contributed by atoms with Gasteiger partial charge < -0.3 is 19.5 Å². The van der Waals surface area contributed by atoms with E-state index in [4.69, 9.17) is 25.8 Å². The van der Waals surface area contributed by atoms with E-state index in [0.29, 0.717) is 53.5 Å². The van der Waals surface area contributed by atoms with Gasteiger partial charge in [-0.15, -0.1) is 0 Å². The second-order valence-electron chi connectivity index (χ2n) is 6.09. The molecule has 7 nitrogen and oxygen atoms in total. The number of hydrogen-bond acceptors (Lipinski definition) is 5. The van der Waals surface area contributed by atoms with E-state index < -0.39 is 0 Å². The Labute approximate surface area is 174 Å². The summed E-state index contributed by atoms with van der Waals surface area (Å²) in [5, 5.41) is 3.43. The van der Waals surface area contributed by atoms with Gasteiger partial charge in [-0.2, -0.15) is 0 Å². The van der Waals surface area contributed by atoms with Crippen molar-refractivity contribution < 1.29 is 19.0 Å². The van der Waals surface area contributed by atoms with Crippen molar-refractivity contribution >= 4 is 23.2 Å². The number of rotatable bonds is 9. The van der Waals surface area contributed by atoms with Crippen LogP contribution >= 0.6 is 11.6 Å². The summed E-state index contributed by atoms with van der Waals surface area (Å²) in [5.41, 5.74) is 1.84. The summed E-state index contributed by atoms with van der Waals surface area (Å²) in [6.45, 7) is 7.24. The van der Waals surface area contributed by atoms with Crippen molar-refractivity contribution in [2.45, 2.75) is 27.3 Å². The molecule has 29 heavy (non-hydrogen) atoms. The number of ether oxygens (including phenoxy) is 3. The molecule has 1 amide bonds. The average molecular weight is 418 g/mol. The van der Waals surface area contributed by atoms with E-state index >= 15 is 0 Å². The van der Waals surface area contributed by atoms with Crippen molar-refractivity contribution in [2.75, 3.05) is 19.8 Å². The zero-order chi connectivity index (χ0) is 20.8. The van der Waals surface area contributed by atoms with Crippen LogP contribution in [0.2, 0.25) is 5.15 Å². The lowest BCUT2D eigenvalue weighted by Gasteiger charge is -2.17. The molecule has 3 aromatic rings. The van der Waals surface area contributed by atoms with Gasteiger partial charge in [0.15, 0.2) is 11.5 Å². The van der Waals surface area contributed by atoms with Gasteiger partial charge in [0.05, 0.1) is 32.1 Å². The first-order valence-electron chi connectivity index (χ1n) is 9.54. The number of imidazole rings is 1. The number of pyridine rings is 1. The van der Waals surface area contributed by atoms with Crippen LogP contribution in [0.15, 0.2) is 36.5 Å². The third-order valence-electron chi connectivity index (χ3n) is 4.09. The topological polar surface area (TPSA) is 74.1 Å². The number of aromatic nitrogens is 2. The van der Waals surface area contributed by atoms with Gasteiger partial charge in [0.25, 0.3) is 5.91 Å². The highest BCUT2D eigenvalue weighted by atomic mass is 35.5. The minimum absolute atomic E-state index is 0.262. The van der Waals surface area contributed by atoms with Gasteiger partial charge in [0, 0.05) is 11.8 Å². The third kappa shape index (κ3) is 4.74. The first-order chi connectivity index (χ1) is 14.1. The van der Waals surface area contributed by atoms with E-state index in [0.717, 1.165) is 5.65 Å². The van der Waals surface area contributed by atoms with Crippen LogP contribution in [0.1, 0.15) is 36.8 Å². The first kappa shape index (κ1) is 20.8. The predicted octanol–water partition coefficient (Wildman–Crippen LogP) is 4.11. The maximum atomic E-state index is 12.8.